The van der Waals surface area contributed by atoms with Gasteiger partial charge in [-0.2, -0.15) is 13.2 Å². The molecule has 2 atom stereocenters. The molecular weight excluding hydrogens is 211 g/mol. The highest BCUT2D eigenvalue weighted by Gasteiger charge is 2.43. The summed E-state index contributed by atoms with van der Waals surface area (Å²) in [6.45, 7) is 2.02. The van der Waals surface area contributed by atoms with E-state index in [0.29, 0.717) is 0 Å². The Kier molecular flexibility index (Phi) is 3.96. The first kappa shape index (κ1) is 12.3. The van der Waals surface area contributed by atoms with Gasteiger partial charge in [0.05, 0.1) is 12.5 Å². The Balaban J connectivity index is 2.52. The average molecular weight is 225 g/mol. The van der Waals surface area contributed by atoms with Crippen LogP contribution in [-0.2, 0) is 9.53 Å². The Labute approximate surface area is 86.0 Å². The van der Waals surface area contributed by atoms with E-state index in [1.807, 2.05) is 0 Å². The number of carbonyl (C=O) groups is 1. The Morgan fingerprint density at radius 2 is 2.20 bits per heavy atom. The minimum Gasteiger partial charge on any atom is -0.465 e. The second-order valence-electron chi connectivity index (χ2n) is 3.52. The third-order valence-electron chi connectivity index (χ3n) is 2.44. The largest absolute Gasteiger partial charge is 0.465 e. The third-order valence-corrected chi connectivity index (χ3v) is 2.44. The Morgan fingerprint density at radius 3 is 2.73 bits per heavy atom. The number of hydrogen-bond acceptors (Lipinski definition) is 3. The van der Waals surface area contributed by atoms with Gasteiger partial charge in [-0.1, -0.05) is 0 Å². The quantitative estimate of drug-likeness (QED) is 0.723. The number of nitrogens with one attached hydrogen (secondary N) is 1. The minimum atomic E-state index is -4.22. The zero-order chi connectivity index (χ0) is 11.5. The molecule has 15 heavy (non-hydrogen) atoms. The van der Waals surface area contributed by atoms with Crippen LogP contribution in [0.15, 0.2) is 0 Å². The van der Waals surface area contributed by atoms with Gasteiger partial charge in [0.2, 0.25) is 0 Å². The van der Waals surface area contributed by atoms with Crippen molar-refractivity contribution in [2.45, 2.75) is 32.0 Å². The van der Waals surface area contributed by atoms with Crippen molar-refractivity contribution in [1.29, 1.82) is 0 Å². The van der Waals surface area contributed by atoms with Crippen molar-refractivity contribution in [3.63, 3.8) is 0 Å². The van der Waals surface area contributed by atoms with Gasteiger partial charge in [-0.3, -0.25) is 4.79 Å². The van der Waals surface area contributed by atoms with Gasteiger partial charge < -0.3 is 10.1 Å². The van der Waals surface area contributed by atoms with Crippen molar-refractivity contribution in [3.8, 4) is 0 Å². The monoisotopic (exact) mass is 225 g/mol. The van der Waals surface area contributed by atoms with Gasteiger partial charge in [0.1, 0.15) is 6.04 Å². The van der Waals surface area contributed by atoms with Crippen molar-refractivity contribution in [2.24, 2.45) is 5.92 Å². The van der Waals surface area contributed by atoms with Crippen LogP contribution in [0.1, 0.15) is 19.8 Å². The van der Waals surface area contributed by atoms with E-state index in [4.69, 9.17) is 0 Å². The Bertz CT molecular complexity index is 230. The number of piperidine rings is 1. The van der Waals surface area contributed by atoms with E-state index in [1.165, 1.54) is 0 Å². The summed E-state index contributed by atoms with van der Waals surface area (Å²) in [6.07, 6.45) is -4.41. The second-order valence-corrected chi connectivity index (χ2v) is 3.52. The molecule has 0 spiro atoms. The van der Waals surface area contributed by atoms with E-state index in [1.54, 1.807) is 6.92 Å². The van der Waals surface area contributed by atoms with Crippen LogP contribution in [0.3, 0.4) is 0 Å². The summed E-state index contributed by atoms with van der Waals surface area (Å²) in [4.78, 5) is 11.2. The summed E-state index contributed by atoms with van der Waals surface area (Å²) in [7, 11) is 0. The zero-order valence-electron chi connectivity index (χ0n) is 8.43. The van der Waals surface area contributed by atoms with Crippen molar-refractivity contribution >= 4 is 5.97 Å². The van der Waals surface area contributed by atoms with Crippen LogP contribution in [0, 0.1) is 5.92 Å². The van der Waals surface area contributed by atoms with E-state index in [9.17, 15) is 18.0 Å². The number of hydrogen-bond donors (Lipinski definition) is 1. The number of rotatable bonds is 2. The highest BCUT2D eigenvalue weighted by atomic mass is 19.4. The lowest BCUT2D eigenvalue weighted by Gasteiger charge is -2.30. The first-order valence-corrected chi connectivity index (χ1v) is 4.92. The van der Waals surface area contributed by atoms with Crippen LogP contribution in [-0.4, -0.2) is 31.3 Å². The molecule has 1 heterocycles. The molecular formula is C9H14F3NO2. The molecule has 1 aliphatic rings. The molecule has 1 aliphatic heterocycles. The minimum absolute atomic E-state index is 0.0272. The van der Waals surface area contributed by atoms with Crippen LogP contribution in [0.4, 0.5) is 13.2 Å². The zero-order valence-corrected chi connectivity index (χ0v) is 8.43. The topological polar surface area (TPSA) is 38.3 Å². The molecule has 0 aromatic carbocycles. The molecule has 0 aromatic rings. The molecule has 88 valence electrons. The van der Waals surface area contributed by atoms with Gasteiger partial charge in [-0.05, 0) is 26.3 Å². The van der Waals surface area contributed by atoms with Crippen LogP contribution < -0.4 is 5.32 Å². The lowest BCUT2D eigenvalue weighted by atomic mass is 9.92. The summed E-state index contributed by atoms with van der Waals surface area (Å²) in [6, 6.07) is -0.815. The van der Waals surface area contributed by atoms with Crippen LogP contribution in [0.25, 0.3) is 0 Å². The fraction of sp³-hybridized carbons (Fsp3) is 0.889. The Hall–Kier alpha value is -0.780. The number of esters is 1. The first-order chi connectivity index (χ1) is 6.95. The maximum Gasteiger partial charge on any atom is 0.391 e. The van der Waals surface area contributed by atoms with Crippen molar-refractivity contribution < 1.29 is 22.7 Å². The van der Waals surface area contributed by atoms with Crippen molar-refractivity contribution in [2.75, 3.05) is 13.2 Å². The molecule has 1 saturated heterocycles. The Morgan fingerprint density at radius 1 is 1.53 bits per heavy atom. The van der Waals surface area contributed by atoms with Crippen LogP contribution in [0.5, 0.6) is 0 Å². The molecule has 1 fully saturated rings. The van der Waals surface area contributed by atoms with Gasteiger partial charge in [-0.25, -0.2) is 0 Å². The molecule has 6 heteroatoms. The predicted molar refractivity (Wildman–Crippen MR) is 47.2 cm³/mol. The molecule has 0 aliphatic carbocycles. The van der Waals surface area contributed by atoms with Crippen LogP contribution in [0.2, 0.25) is 0 Å². The van der Waals surface area contributed by atoms with E-state index >= 15 is 0 Å². The van der Waals surface area contributed by atoms with Crippen molar-refractivity contribution in [1.82, 2.24) is 5.32 Å². The number of alkyl halides is 3. The average Bonchev–Trinajstić information content (AvgIpc) is 2.17. The summed E-state index contributed by atoms with van der Waals surface area (Å²) in [5.74, 6) is -1.99. The number of ether oxygens (including phenoxy) is 1. The first-order valence-electron chi connectivity index (χ1n) is 4.92. The molecule has 0 aromatic heterocycles. The summed E-state index contributed by atoms with van der Waals surface area (Å²) in [5.41, 5.74) is 0. The lowest BCUT2D eigenvalue weighted by Crippen LogP contribution is -2.47. The van der Waals surface area contributed by atoms with Gasteiger partial charge >= 0.3 is 12.1 Å². The summed E-state index contributed by atoms with van der Waals surface area (Å²) >= 11 is 0. The molecule has 0 bridgehead atoms. The molecule has 0 amide bonds. The third kappa shape index (κ3) is 3.37. The van der Waals surface area contributed by atoms with Gasteiger partial charge in [0, 0.05) is 0 Å². The van der Waals surface area contributed by atoms with Crippen molar-refractivity contribution in [3.05, 3.63) is 0 Å². The molecule has 1 N–H and O–H groups in total. The fourth-order valence-corrected chi connectivity index (χ4v) is 1.64. The molecule has 0 saturated carbocycles. The molecule has 3 nitrogen and oxygen atoms in total. The van der Waals surface area contributed by atoms with Gasteiger partial charge in [-0.15, -0.1) is 0 Å². The van der Waals surface area contributed by atoms with Gasteiger partial charge in [0.25, 0.3) is 0 Å². The number of halogens is 3. The lowest BCUT2D eigenvalue weighted by molar-refractivity contribution is -0.185. The maximum atomic E-state index is 12.4. The summed E-state index contributed by atoms with van der Waals surface area (Å²) < 4.78 is 41.8. The molecule has 0 radical (unpaired) electrons. The van der Waals surface area contributed by atoms with Gasteiger partial charge in [0.15, 0.2) is 0 Å². The van der Waals surface area contributed by atoms with E-state index in [2.05, 4.69) is 10.1 Å². The summed E-state index contributed by atoms with van der Waals surface area (Å²) in [5, 5.41) is 2.73. The smallest absolute Gasteiger partial charge is 0.391 e. The van der Waals surface area contributed by atoms with E-state index < -0.39 is 24.1 Å². The normalized spacial score (nSPS) is 27.5. The molecule has 0 unspecified atom stereocenters. The highest BCUT2D eigenvalue weighted by molar-refractivity contribution is 5.75. The second kappa shape index (κ2) is 4.83. The van der Waals surface area contributed by atoms with E-state index in [-0.39, 0.29) is 26.0 Å². The fourth-order valence-electron chi connectivity index (χ4n) is 1.64. The number of carbonyl (C=O) groups excluding carboxylic acids is 1. The maximum absolute atomic E-state index is 12.4. The highest BCUT2D eigenvalue weighted by Crippen LogP contribution is 2.34. The van der Waals surface area contributed by atoms with E-state index in [0.717, 1.165) is 0 Å². The van der Waals surface area contributed by atoms with Crippen LogP contribution >= 0.6 is 0 Å². The molecule has 1 rings (SSSR count). The SMILES string of the molecule is CCOC(=O)[C@H]1C[C@@H](C(F)(F)F)CCN1. The standard InChI is InChI=1S/C9H14F3NO2/c1-2-15-8(14)7-5-6(3-4-13-7)9(10,11)12/h6-7,13H,2-5H2,1H3/t6-,7+/m0/s1. The predicted octanol–water partition coefficient (Wildman–Crippen LogP) is 1.48.